The van der Waals surface area contributed by atoms with E-state index in [4.69, 9.17) is 4.74 Å². The minimum absolute atomic E-state index is 0.0330. The van der Waals surface area contributed by atoms with Crippen LogP contribution >= 0.6 is 0 Å². The van der Waals surface area contributed by atoms with Crippen LogP contribution in [0.4, 0.5) is 5.69 Å². The highest BCUT2D eigenvalue weighted by atomic mass is 32.2. The van der Waals surface area contributed by atoms with Crippen LogP contribution in [0.3, 0.4) is 0 Å². The summed E-state index contributed by atoms with van der Waals surface area (Å²) < 4.78 is 34.6. The summed E-state index contributed by atoms with van der Waals surface area (Å²) in [6, 6.07) is 21.7. The van der Waals surface area contributed by atoms with E-state index in [0.29, 0.717) is 31.0 Å². The van der Waals surface area contributed by atoms with Crippen molar-refractivity contribution >= 4 is 27.5 Å². The van der Waals surface area contributed by atoms with Crippen LogP contribution in [0.2, 0.25) is 0 Å². The molecule has 3 aromatic carbocycles. The van der Waals surface area contributed by atoms with Gasteiger partial charge in [-0.2, -0.15) is 0 Å². The largest absolute Gasteiger partial charge is 0.494 e. The van der Waals surface area contributed by atoms with E-state index in [-0.39, 0.29) is 23.3 Å². The van der Waals surface area contributed by atoms with Crippen molar-refractivity contribution in [3.8, 4) is 5.75 Å². The van der Waals surface area contributed by atoms with Crippen molar-refractivity contribution in [2.75, 3.05) is 24.0 Å². The lowest BCUT2D eigenvalue weighted by Gasteiger charge is -2.33. The SMILES string of the molecule is CCOc1ccc(S(=O)(=O)N(CC(=O)N(Cc2ccccc2)[C@@H](CC)C(=O)NCC(C)C)c2ccc(C)cc2)cc1. The van der Waals surface area contributed by atoms with Crippen LogP contribution in [-0.4, -0.2) is 50.9 Å². The predicted octanol–water partition coefficient (Wildman–Crippen LogP) is 5.17. The number of aryl methyl sites for hydroxylation is 1. The Morgan fingerprint density at radius 1 is 0.902 bits per heavy atom. The van der Waals surface area contributed by atoms with E-state index in [2.05, 4.69) is 5.32 Å². The molecule has 0 aliphatic heterocycles. The number of nitrogens with zero attached hydrogens (tertiary/aromatic N) is 2. The number of anilines is 1. The first-order valence-electron chi connectivity index (χ1n) is 14.0. The fourth-order valence-electron chi connectivity index (χ4n) is 4.36. The van der Waals surface area contributed by atoms with Crippen LogP contribution < -0.4 is 14.4 Å². The molecule has 220 valence electrons. The Kier molecular flexibility index (Phi) is 11.3. The first-order valence-corrected chi connectivity index (χ1v) is 15.4. The molecule has 0 saturated heterocycles. The van der Waals surface area contributed by atoms with Crippen molar-refractivity contribution in [1.29, 1.82) is 0 Å². The maximum absolute atomic E-state index is 14.1. The average molecular weight is 580 g/mol. The first-order chi connectivity index (χ1) is 19.6. The van der Waals surface area contributed by atoms with E-state index >= 15 is 0 Å². The standard InChI is InChI=1S/C32H41N3O5S/c1-6-30(32(37)33-21-24(3)4)34(22-26-11-9-8-10-12-26)31(36)23-35(27-15-13-25(5)14-16-27)41(38,39)29-19-17-28(18-20-29)40-7-2/h8-20,24,30H,6-7,21-23H2,1-5H3,(H,33,37)/t30-/m0/s1. The van der Waals surface area contributed by atoms with Crippen LogP contribution in [0.5, 0.6) is 5.75 Å². The van der Waals surface area contributed by atoms with Crippen molar-refractivity contribution in [3.63, 3.8) is 0 Å². The molecule has 0 fully saturated rings. The van der Waals surface area contributed by atoms with Gasteiger partial charge < -0.3 is 15.0 Å². The summed E-state index contributed by atoms with van der Waals surface area (Å²) in [4.78, 5) is 28.9. The summed E-state index contributed by atoms with van der Waals surface area (Å²) in [6.07, 6.45) is 0.374. The molecular formula is C32H41N3O5S. The Hall–Kier alpha value is -3.85. The third-order valence-corrected chi connectivity index (χ3v) is 8.38. The van der Waals surface area contributed by atoms with E-state index in [0.717, 1.165) is 15.4 Å². The third-order valence-electron chi connectivity index (χ3n) is 6.59. The number of nitrogens with one attached hydrogen (secondary N) is 1. The lowest BCUT2D eigenvalue weighted by molar-refractivity contribution is -0.140. The lowest BCUT2D eigenvalue weighted by atomic mass is 10.1. The zero-order valence-corrected chi connectivity index (χ0v) is 25.4. The second kappa shape index (κ2) is 14.7. The van der Waals surface area contributed by atoms with E-state index < -0.39 is 28.5 Å². The van der Waals surface area contributed by atoms with Gasteiger partial charge in [0.2, 0.25) is 11.8 Å². The molecule has 1 N–H and O–H groups in total. The molecule has 3 aromatic rings. The van der Waals surface area contributed by atoms with Gasteiger partial charge in [-0.05, 0) is 68.1 Å². The summed E-state index contributed by atoms with van der Waals surface area (Å²) in [5.41, 5.74) is 2.15. The number of carbonyl (C=O) groups excluding carboxylic acids is 2. The molecule has 0 radical (unpaired) electrons. The molecule has 0 aliphatic carbocycles. The molecule has 0 heterocycles. The van der Waals surface area contributed by atoms with E-state index in [1.54, 1.807) is 36.4 Å². The predicted molar refractivity (Wildman–Crippen MR) is 162 cm³/mol. The Labute approximate surface area is 244 Å². The van der Waals surface area contributed by atoms with Gasteiger partial charge in [0.1, 0.15) is 18.3 Å². The highest BCUT2D eigenvalue weighted by molar-refractivity contribution is 7.92. The number of rotatable bonds is 14. The molecule has 0 saturated carbocycles. The summed E-state index contributed by atoms with van der Waals surface area (Å²) in [5.74, 6) is 0.0555. The van der Waals surface area contributed by atoms with E-state index in [1.807, 2.05) is 65.0 Å². The summed E-state index contributed by atoms with van der Waals surface area (Å²) in [6.45, 7) is 10.2. The minimum atomic E-state index is -4.14. The van der Waals surface area contributed by atoms with Crippen LogP contribution in [0.1, 0.15) is 45.2 Å². The third kappa shape index (κ3) is 8.57. The van der Waals surface area contributed by atoms with Crippen molar-refractivity contribution < 1.29 is 22.7 Å². The number of benzene rings is 3. The molecule has 0 unspecified atom stereocenters. The molecule has 2 amide bonds. The van der Waals surface area contributed by atoms with Crippen molar-refractivity contribution in [2.45, 2.75) is 58.5 Å². The first kappa shape index (κ1) is 31.7. The Balaban J connectivity index is 2.02. The topological polar surface area (TPSA) is 96.0 Å². The Morgan fingerprint density at radius 2 is 1.54 bits per heavy atom. The zero-order valence-electron chi connectivity index (χ0n) is 24.5. The second-order valence-corrected chi connectivity index (χ2v) is 12.2. The van der Waals surface area contributed by atoms with E-state index in [9.17, 15) is 18.0 Å². The van der Waals surface area contributed by atoms with Gasteiger partial charge >= 0.3 is 0 Å². The van der Waals surface area contributed by atoms with Crippen LogP contribution in [0.25, 0.3) is 0 Å². The maximum Gasteiger partial charge on any atom is 0.264 e. The molecule has 41 heavy (non-hydrogen) atoms. The number of amides is 2. The normalized spacial score (nSPS) is 12.0. The average Bonchev–Trinajstić information content (AvgIpc) is 2.96. The lowest BCUT2D eigenvalue weighted by Crippen LogP contribution is -2.52. The van der Waals surface area contributed by atoms with Gasteiger partial charge in [-0.15, -0.1) is 0 Å². The van der Waals surface area contributed by atoms with Gasteiger partial charge in [0.05, 0.1) is 17.2 Å². The molecular weight excluding hydrogens is 538 g/mol. The van der Waals surface area contributed by atoms with Crippen molar-refractivity contribution in [3.05, 3.63) is 90.0 Å². The highest BCUT2D eigenvalue weighted by Crippen LogP contribution is 2.26. The van der Waals surface area contributed by atoms with Gasteiger partial charge in [0.15, 0.2) is 0 Å². The van der Waals surface area contributed by atoms with Crippen LogP contribution in [0, 0.1) is 12.8 Å². The van der Waals surface area contributed by atoms with Crippen LogP contribution in [0.15, 0.2) is 83.8 Å². The monoisotopic (exact) mass is 579 g/mol. The van der Waals surface area contributed by atoms with Crippen molar-refractivity contribution in [2.24, 2.45) is 5.92 Å². The fourth-order valence-corrected chi connectivity index (χ4v) is 5.78. The quantitative estimate of drug-likeness (QED) is 0.284. The smallest absolute Gasteiger partial charge is 0.264 e. The van der Waals surface area contributed by atoms with Gasteiger partial charge in [0.25, 0.3) is 10.0 Å². The van der Waals surface area contributed by atoms with Gasteiger partial charge in [-0.3, -0.25) is 13.9 Å². The van der Waals surface area contributed by atoms with Gasteiger partial charge in [-0.1, -0.05) is 68.8 Å². The molecule has 0 aromatic heterocycles. The Morgan fingerprint density at radius 3 is 2.10 bits per heavy atom. The number of hydrogen-bond acceptors (Lipinski definition) is 5. The number of carbonyl (C=O) groups is 2. The number of hydrogen-bond donors (Lipinski definition) is 1. The molecule has 0 bridgehead atoms. The summed E-state index contributed by atoms with van der Waals surface area (Å²) in [7, 11) is -4.14. The second-order valence-electron chi connectivity index (χ2n) is 10.3. The highest BCUT2D eigenvalue weighted by Gasteiger charge is 2.33. The number of sulfonamides is 1. The molecule has 0 spiro atoms. The summed E-state index contributed by atoms with van der Waals surface area (Å²) >= 11 is 0. The summed E-state index contributed by atoms with van der Waals surface area (Å²) in [5, 5.41) is 2.94. The fraction of sp³-hybridized carbons (Fsp3) is 0.375. The molecule has 9 heteroatoms. The Bertz CT molecular complexity index is 1380. The molecule has 0 aliphatic rings. The van der Waals surface area contributed by atoms with Crippen molar-refractivity contribution in [1.82, 2.24) is 10.2 Å². The minimum Gasteiger partial charge on any atom is -0.494 e. The molecule has 1 atom stereocenters. The van der Waals surface area contributed by atoms with Crippen LogP contribution in [-0.2, 0) is 26.2 Å². The maximum atomic E-state index is 14.1. The molecule has 3 rings (SSSR count). The van der Waals surface area contributed by atoms with Gasteiger partial charge in [0, 0.05) is 13.1 Å². The zero-order chi connectivity index (χ0) is 30.0. The molecule has 8 nitrogen and oxygen atoms in total. The van der Waals surface area contributed by atoms with Gasteiger partial charge in [-0.25, -0.2) is 8.42 Å². The number of ether oxygens (including phenoxy) is 1. The van der Waals surface area contributed by atoms with E-state index in [1.165, 1.54) is 17.0 Å².